The minimum atomic E-state index is -0.618. The Morgan fingerprint density at radius 3 is 0.923 bits per heavy atom. The Labute approximate surface area is 147 Å². The van der Waals surface area contributed by atoms with Crippen LogP contribution in [0, 0.1) is 0 Å². The molecule has 2 aromatic rings. The van der Waals surface area contributed by atoms with Gasteiger partial charge in [-0.2, -0.15) is 0 Å². The standard InChI is InChI=1S/C20H12O6/c21-17-13-9-1-2-10(14(13)18(22)25-17)7-8-12-4-3-11(6-5-9)15-16(12)20(24)26-19(15)23/h1-4H,5-8H2. The van der Waals surface area contributed by atoms with E-state index in [1.165, 1.54) is 0 Å². The molecule has 0 aromatic heterocycles. The summed E-state index contributed by atoms with van der Waals surface area (Å²) < 4.78 is 9.64. The van der Waals surface area contributed by atoms with Gasteiger partial charge in [-0.3, -0.25) is 0 Å². The van der Waals surface area contributed by atoms with Gasteiger partial charge in [-0.1, -0.05) is 24.3 Å². The van der Waals surface area contributed by atoms with Crippen LogP contribution in [0.15, 0.2) is 24.3 Å². The van der Waals surface area contributed by atoms with Crippen molar-refractivity contribution in [1.82, 2.24) is 0 Å². The van der Waals surface area contributed by atoms with Crippen LogP contribution in [0.3, 0.4) is 0 Å². The predicted octanol–water partition coefficient (Wildman–Crippen LogP) is 2.19. The van der Waals surface area contributed by atoms with Crippen molar-refractivity contribution in [1.29, 1.82) is 0 Å². The fourth-order valence-corrected chi connectivity index (χ4v) is 4.06. The number of carbonyl (C=O) groups excluding carboxylic acids is 4. The maximum atomic E-state index is 12.1. The summed E-state index contributed by atoms with van der Waals surface area (Å²) in [6.45, 7) is 0. The van der Waals surface area contributed by atoms with Crippen LogP contribution in [-0.2, 0) is 35.2 Å². The van der Waals surface area contributed by atoms with Crippen LogP contribution in [0.2, 0.25) is 0 Å². The molecule has 0 amide bonds. The molecule has 4 bridgehead atoms. The molecule has 0 radical (unpaired) electrons. The fraction of sp³-hybridized carbons (Fsp3) is 0.200. The molecule has 0 spiro atoms. The van der Waals surface area contributed by atoms with Crippen LogP contribution in [-0.4, -0.2) is 23.9 Å². The molecular formula is C20H12O6. The largest absolute Gasteiger partial charge is 0.386 e. The van der Waals surface area contributed by atoms with Gasteiger partial charge in [-0.15, -0.1) is 0 Å². The maximum Gasteiger partial charge on any atom is 0.347 e. The monoisotopic (exact) mass is 348 g/mol. The summed E-state index contributed by atoms with van der Waals surface area (Å²) in [5.41, 5.74) is 4.14. The summed E-state index contributed by atoms with van der Waals surface area (Å²) in [5.74, 6) is -2.47. The van der Waals surface area contributed by atoms with Gasteiger partial charge in [0.25, 0.3) is 0 Å². The van der Waals surface area contributed by atoms with Gasteiger partial charge in [0.05, 0.1) is 22.3 Å². The summed E-state index contributed by atoms with van der Waals surface area (Å²) in [7, 11) is 0. The molecule has 2 aromatic carbocycles. The summed E-state index contributed by atoms with van der Waals surface area (Å²) >= 11 is 0. The van der Waals surface area contributed by atoms with Crippen molar-refractivity contribution < 1.29 is 28.7 Å². The summed E-state index contributed by atoms with van der Waals surface area (Å²) in [6, 6.07) is 7.36. The number of rotatable bonds is 0. The van der Waals surface area contributed by atoms with Gasteiger partial charge in [0.1, 0.15) is 0 Å². The fourth-order valence-electron chi connectivity index (χ4n) is 4.06. The number of hydrogen-bond donors (Lipinski definition) is 0. The van der Waals surface area contributed by atoms with Gasteiger partial charge >= 0.3 is 23.9 Å². The zero-order valence-electron chi connectivity index (χ0n) is 13.6. The van der Waals surface area contributed by atoms with Crippen LogP contribution in [0.1, 0.15) is 63.7 Å². The van der Waals surface area contributed by atoms with E-state index in [0.717, 1.165) is 0 Å². The topological polar surface area (TPSA) is 86.7 Å². The zero-order chi connectivity index (χ0) is 18.0. The van der Waals surface area contributed by atoms with E-state index >= 15 is 0 Å². The average molecular weight is 348 g/mol. The van der Waals surface area contributed by atoms with Crippen LogP contribution in [0.4, 0.5) is 0 Å². The van der Waals surface area contributed by atoms with Gasteiger partial charge in [0.15, 0.2) is 0 Å². The third kappa shape index (κ3) is 1.92. The zero-order valence-corrected chi connectivity index (χ0v) is 13.6. The van der Waals surface area contributed by atoms with E-state index in [1.54, 1.807) is 0 Å². The lowest BCUT2D eigenvalue weighted by Gasteiger charge is -2.14. The Bertz CT molecular complexity index is 895. The highest BCUT2D eigenvalue weighted by molar-refractivity contribution is 6.17. The molecule has 2 aliphatic heterocycles. The maximum absolute atomic E-state index is 12.1. The van der Waals surface area contributed by atoms with Crippen LogP contribution < -0.4 is 0 Å². The third-order valence-electron chi connectivity index (χ3n) is 5.27. The molecule has 0 fully saturated rings. The molecule has 4 aliphatic rings. The summed E-state index contributed by atoms with van der Waals surface area (Å²) in [6.07, 6.45) is 1.77. The highest BCUT2D eigenvalue weighted by Gasteiger charge is 2.37. The lowest BCUT2D eigenvalue weighted by atomic mass is 9.86. The van der Waals surface area contributed by atoms with Gasteiger partial charge < -0.3 is 9.47 Å². The smallest absolute Gasteiger partial charge is 0.347 e. The van der Waals surface area contributed by atoms with Crippen molar-refractivity contribution in [3.05, 3.63) is 68.8 Å². The molecular weight excluding hydrogens is 336 g/mol. The Morgan fingerprint density at radius 2 is 0.692 bits per heavy atom. The second-order valence-electron chi connectivity index (χ2n) is 6.62. The van der Waals surface area contributed by atoms with E-state index < -0.39 is 23.9 Å². The molecule has 0 saturated heterocycles. The van der Waals surface area contributed by atoms with Crippen molar-refractivity contribution in [2.24, 2.45) is 0 Å². The van der Waals surface area contributed by atoms with Crippen LogP contribution >= 0.6 is 0 Å². The van der Waals surface area contributed by atoms with E-state index in [0.29, 0.717) is 70.2 Å². The molecule has 26 heavy (non-hydrogen) atoms. The quantitative estimate of drug-likeness (QED) is 0.536. The number of cyclic esters (lactones) is 4. The lowest BCUT2D eigenvalue weighted by molar-refractivity contribution is 0.0424. The van der Waals surface area contributed by atoms with Crippen LogP contribution in [0.5, 0.6) is 0 Å². The number of carbonyl (C=O) groups is 4. The first-order valence-electron chi connectivity index (χ1n) is 8.37. The van der Waals surface area contributed by atoms with Gasteiger partial charge in [0.2, 0.25) is 0 Å². The molecule has 6 heteroatoms. The first-order valence-corrected chi connectivity index (χ1v) is 8.37. The Balaban J connectivity index is 1.71. The second kappa shape index (κ2) is 5.11. The van der Waals surface area contributed by atoms with E-state index in [-0.39, 0.29) is 0 Å². The highest BCUT2D eigenvalue weighted by atomic mass is 16.6. The van der Waals surface area contributed by atoms with Gasteiger partial charge in [-0.25, -0.2) is 19.2 Å². The van der Waals surface area contributed by atoms with Crippen molar-refractivity contribution in [2.75, 3.05) is 0 Å². The molecule has 0 N–H and O–H groups in total. The molecule has 0 saturated carbocycles. The van der Waals surface area contributed by atoms with Crippen molar-refractivity contribution in [3.8, 4) is 0 Å². The minimum Gasteiger partial charge on any atom is -0.386 e. The number of esters is 4. The molecule has 0 atom stereocenters. The average Bonchev–Trinajstić information content (AvgIpc) is 3.07. The van der Waals surface area contributed by atoms with Gasteiger partial charge in [-0.05, 0) is 47.9 Å². The Morgan fingerprint density at radius 1 is 0.462 bits per heavy atom. The second-order valence-corrected chi connectivity index (χ2v) is 6.62. The molecule has 6 nitrogen and oxygen atoms in total. The molecule has 128 valence electrons. The Kier molecular flexibility index (Phi) is 2.95. The van der Waals surface area contributed by atoms with E-state index in [1.807, 2.05) is 24.3 Å². The number of aryl methyl sites for hydroxylation is 4. The number of fused-ring (bicyclic) bond motifs is 4. The highest BCUT2D eigenvalue weighted by Crippen LogP contribution is 2.33. The summed E-state index contributed by atoms with van der Waals surface area (Å²) in [4.78, 5) is 48.6. The first-order chi connectivity index (χ1) is 12.5. The van der Waals surface area contributed by atoms with Gasteiger partial charge in [0, 0.05) is 0 Å². The Hall–Kier alpha value is -3.28. The number of hydrogen-bond acceptors (Lipinski definition) is 6. The normalized spacial score (nSPS) is 17.5. The third-order valence-corrected chi connectivity index (χ3v) is 5.27. The van der Waals surface area contributed by atoms with Crippen molar-refractivity contribution in [2.45, 2.75) is 25.7 Å². The molecule has 2 heterocycles. The van der Waals surface area contributed by atoms with E-state index in [2.05, 4.69) is 0 Å². The summed E-state index contributed by atoms with van der Waals surface area (Å²) in [5, 5.41) is 0. The van der Waals surface area contributed by atoms with Crippen LogP contribution in [0.25, 0.3) is 0 Å². The molecule has 2 aliphatic carbocycles. The predicted molar refractivity (Wildman–Crippen MR) is 87.2 cm³/mol. The number of benzene rings is 2. The number of ether oxygens (including phenoxy) is 2. The van der Waals surface area contributed by atoms with E-state index in [4.69, 9.17) is 9.47 Å². The van der Waals surface area contributed by atoms with Crippen molar-refractivity contribution in [3.63, 3.8) is 0 Å². The molecule has 0 unspecified atom stereocenters. The van der Waals surface area contributed by atoms with Crippen molar-refractivity contribution >= 4 is 23.9 Å². The molecule has 6 rings (SSSR count). The lowest BCUT2D eigenvalue weighted by Crippen LogP contribution is -2.10. The van der Waals surface area contributed by atoms with E-state index in [9.17, 15) is 19.2 Å². The SMILES string of the molecule is O=C1OC(=O)c2c3ccc(c21)CCc1ccc(c2c1C(=O)OC2=O)CC3. The minimum absolute atomic E-state index is 0.331. The first kappa shape index (κ1) is 15.0.